The monoisotopic (exact) mass is 461 g/mol. The fourth-order valence-corrected chi connectivity index (χ4v) is 5.59. The summed E-state index contributed by atoms with van der Waals surface area (Å²) in [6, 6.07) is 5.89. The van der Waals surface area contributed by atoms with E-state index in [1.54, 1.807) is 23.6 Å². The number of hydrogen-bond acceptors (Lipinski definition) is 5. The lowest BCUT2D eigenvalue weighted by Crippen LogP contribution is -2.47. The maximum atomic E-state index is 12.7. The van der Waals surface area contributed by atoms with Gasteiger partial charge in [0.05, 0.1) is 17.9 Å². The van der Waals surface area contributed by atoms with E-state index in [2.05, 4.69) is 5.32 Å². The molecule has 1 aliphatic carbocycles. The number of pyridine rings is 1. The molecule has 0 unspecified atom stereocenters. The van der Waals surface area contributed by atoms with Crippen molar-refractivity contribution in [2.24, 2.45) is 0 Å². The van der Waals surface area contributed by atoms with Gasteiger partial charge in [-0.3, -0.25) is 9.78 Å². The van der Waals surface area contributed by atoms with Crippen molar-refractivity contribution in [3.63, 3.8) is 0 Å². The lowest BCUT2D eigenvalue weighted by atomic mass is 9.94. The first-order valence-corrected chi connectivity index (χ1v) is 12.4. The van der Waals surface area contributed by atoms with Crippen LogP contribution in [0.4, 0.5) is 4.79 Å². The number of aryl methyl sites for hydroxylation is 1. The Morgan fingerprint density at radius 3 is 2.81 bits per heavy atom. The molecule has 1 saturated heterocycles. The molecule has 0 atom stereocenters. The minimum absolute atomic E-state index is 0.0242. The van der Waals surface area contributed by atoms with E-state index in [0.29, 0.717) is 30.5 Å². The number of fused-ring (bicyclic) bond motifs is 2. The third-order valence-electron chi connectivity index (χ3n) is 5.91. The molecule has 2 aromatic rings. The number of carbonyl (C=O) groups excluding carboxylic acids is 2. The first-order chi connectivity index (χ1) is 15.0. The minimum Gasteiger partial charge on any atom is -0.450 e. The summed E-state index contributed by atoms with van der Waals surface area (Å²) in [5.74, 6) is 0.381. The smallest absolute Gasteiger partial charge is 0.409 e. The highest BCUT2D eigenvalue weighted by Crippen LogP contribution is 2.37. The van der Waals surface area contributed by atoms with E-state index in [9.17, 15) is 9.59 Å². The zero-order valence-corrected chi connectivity index (χ0v) is 19.4. The van der Waals surface area contributed by atoms with Crippen molar-refractivity contribution in [1.82, 2.24) is 15.2 Å². The van der Waals surface area contributed by atoms with Crippen molar-refractivity contribution < 1.29 is 14.3 Å². The number of amides is 2. The Kier molecular flexibility index (Phi) is 7.23. The molecule has 0 bridgehead atoms. The summed E-state index contributed by atoms with van der Waals surface area (Å²) in [7, 11) is 0. The largest absolute Gasteiger partial charge is 0.450 e. The molecule has 1 aromatic carbocycles. The number of thioether (sulfide) groups is 1. The maximum Gasteiger partial charge on any atom is 0.409 e. The van der Waals surface area contributed by atoms with Gasteiger partial charge in [-0.2, -0.15) is 0 Å². The number of benzene rings is 1. The molecule has 1 aromatic heterocycles. The second-order valence-corrected chi connectivity index (χ2v) is 9.47. The SMILES string of the molecule is CCOC(=O)N1CCC(NC(=O)CSc2c3c(nc4ccc(Cl)cc24)CCCC3)CC1. The third kappa shape index (κ3) is 5.26. The molecule has 0 saturated carbocycles. The van der Waals surface area contributed by atoms with E-state index in [0.717, 1.165) is 60.0 Å². The second-order valence-electron chi connectivity index (χ2n) is 8.05. The summed E-state index contributed by atoms with van der Waals surface area (Å²) in [6.45, 7) is 3.40. The number of likely N-dealkylation sites (tertiary alicyclic amines) is 1. The summed E-state index contributed by atoms with van der Waals surface area (Å²) in [4.78, 5) is 32.2. The van der Waals surface area contributed by atoms with Gasteiger partial charge in [-0.05, 0) is 69.2 Å². The average molecular weight is 462 g/mol. The Balaban J connectivity index is 1.40. The molecule has 4 rings (SSSR count). The van der Waals surface area contributed by atoms with Gasteiger partial charge in [-0.25, -0.2) is 4.79 Å². The number of hydrogen-bond donors (Lipinski definition) is 1. The molecule has 0 radical (unpaired) electrons. The molecule has 31 heavy (non-hydrogen) atoms. The summed E-state index contributed by atoms with van der Waals surface area (Å²) < 4.78 is 5.06. The number of nitrogens with zero attached hydrogens (tertiary/aromatic N) is 2. The Labute approximate surface area is 192 Å². The highest BCUT2D eigenvalue weighted by molar-refractivity contribution is 8.00. The van der Waals surface area contributed by atoms with Gasteiger partial charge in [0, 0.05) is 40.1 Å². The first-order valence-electron chi connectivity index (χ1n) is 11.0. The van der Waals surface area contributed by atoms with Gasteiger partial charge in [-0.1, -0.05) is 11.6 Å². The summed E-state index contributed by atoms with van der Waals surface area (Å²) in [6.07, 6.45) is 5.54. The first kappa shape index (κ1) is 22.2. The normalized spacial score (nSPS) is 16.8. The van der Waals surface area contributed by atoms with E-state index in [1.165, 1.54) is 5.56 Å². The van der Waals surface area contributed by atoms with E-state index in [-0.39, 0.29) is 18.0 Å². The topological polar surface area (TPSA) is 71.5 Å². The van der Waals surface area contributed by atoms with Crippen LogP contribution in [0.5, 0.6) is 0 Å². The molecule has 2 amide bonds. The summed E-state index contributed by atoms with van der Waals surface area (Å²) in [5.41, 5.74) is 3.39. The number of carbonyl (C=O) groups is 2. The highest BCUT2D eigenvalue weighted by atomic mass is 35.5. The van der Waals surface area contributed by atoms with Crippen LogP contribution in [-0.4, -0.2) is 53.4 Å². The van der Waals surface area contributed by atoms with Crippen molar-refractivity contribution in [2.75, 3.05) is 25.4 Å². The number of piperidine rings is 1. The van der Waals surface area contributed by atoms with E-state index in [4.69, 9.17) is 21.3 Å². The van der Waals surface area contributed by atoms with Crippen LogP contribution in [0, 0.1) is 0 Å². The Morgan fingerprint density at radius 1 is 1.26 bits per heavy atom. The van der Waals surface area contributed by atoms with Crippen LogP contribution in [0.15, 0.2) is 23.1 Å². The molecule has 8 heteroatoms. The maximum absolute atomic E-state index is 12.7. The Bertz CT molecular complexity index is 976. The number of ether oxygens (including phenoxy) is 1. The quantitative estimate of drug-likeness (QED) is 0.659. The molecular weight excluding hydrogens is 434 g/mol. The van der Waals surface area contributed by atoms with Crippen LogP contribution in [0.3, 0.4) is 0 Å². The van der Waals surface area contributed by atoms with E-state index < -0.39 is 0 Å². The third-order valence-corrected chi connectivity index (χ3v) is 7.30. The zero-order chi connectivity index (χ0) is 21.8. The minimum atomic E-state index is -0.268. The standard InChI is InChI=1S/C23H28ClN3O3S/c1-2-30-23(29)27-11-9-16(10-12-27)25-21(28)14-31-22-17-5-3-4-6-19(17)26-20-8-7-15(24)13-18(20)22/h7-8,13,16H,2-6,9-12,14H2,1H3,(H,25,28). The van der Waals surface area contributed by atoms with Gasteiger partial charge in [-0.15, -0.1) is 11.8 Å². The molecule has 1 aliphatic heterocycles. The van der Waals surface area contributed by atoms with Crippen LogP contribution in [-0.2, 0) is 22.4 Å². The van der Waals surface area contributed by atoms with Gasteiger partial charge < -0.3 is 15.0 Å². The molecule has 1 fully saturated rings. The van der Waals surface area contributed by atoms with Crippen LogP contribution < -0.4 is 5.32 Å². The Morgan fingerprint density at radius 2 is 2.03 bits per heavy atom. The predicted octanol–water partition coefficient (Wildman–Crippen LogP) is 4.60. The molecule has 0 spiro atoms. The summed E-state index contributed by atoms with van der Waals surface area (Å²) in [5, 5.41) is 4.86. The van der Waals surface area contributed by atoms with Crippen LogP contribution in [0.25, 0.3) is 10.9 Å². The molecule has 1 N–H and O–H groups in total. The number of rotatable bonds is 5. The van der Waals surface area contributed by atoms with Gasteiger partial charge in [0.2, 0.25) is 5.91 Å². The summed E-state index contributed by atoms with van der Waals surface area (Å²) >= 11 is 7.85. The fourth-order valence-electron chi connectivity index (χ4n) is 4.35. The van der Waals surface area contributed by atoms with Gasteiger partial charge >= 0.3 is 6.09 Å². The molecule has 2 heterocycles. The van der Waals surface area contributed by atoms with Crippen molar-refractivity contribution in [2.45, 2.75) is 56.4 Å². The molecule has 166 valence electrons. The fraction of sp³-hybridized carbons (Fsp3) is 0.522. The number of aromatic nitrogens is 1. The zero-order valence-electron chi connectivity index (χ0n) is 17.8. The van der Waals surface area contributed by atoms with E-state index in [1.807, 2.05) is 18.2 Å². The molecular formula is C23H28ClN3O3S. The number of halogens is 1. The molecule has 6 nitrogen and oxygen atoms in total. The number of nitrogens with one attached hydrogen (secondary N) is 1. The second kappa shape index (κ2) is 10.1. The Hall–Kier alpha value is -1.99. The van der Waals surface area contributed by atoms with E-state index >= 15 is 0 Å². The van der Waals surface area contributed by atoms with Gasteiger partial charge in [0.15, 0.2) is 0 Å². The van der Waals surface area contributed by atoms with Crippen LogP contribution >= 0.6 is 23.4 Å². The van der Waals surface area contributed by atoms with Crippen molar-refractivity contribution in [1.29, 1.82) is 0 Å². The van der Waals surface area contributed by atoms with Gasteiger partial charge in [0.25, 0.3) is 0 Å². The van der Waals surface area contributed by atoms with Crippen molar-refractivity contribution >= 4 is 46.3 Å². The highest BCUT2D eigenvalue weighted by Gasteiger charge is 2.25. The van der Waals surface area contributed by atoms with Crippen LogP contribution in [0.2, 0.25) is 5.02 Å². The van der Waals surface area contributed by atoms with Crippen molar-refractivity contribution in [3.8, 4) is 0 Å². The predicted molar refractivity (Wildman–Crippen MR) is 124 cm³/mol. The average Bonchev–Trinajstić information content (AvgIpc) is 2.77. The van der Waals surface area contributed by atoms with Crippen LogP contribution in [0.1, 0.15) is 43.9 Å². The van der Waals surface area contributed by atoms with Gasteiger partial charge in [0.1, 0.15) is 0 Å². The lowest BCUT2D eigenvalue weighted by Gasteiger charge is -2.31. The lowest BCUT2D eigenvalue weighted by molar-refractivity contribution is -0.119. The molecule has 2 aliphatic rings. The van der Waals surface area contributed by atoms with Crippen molar-refractivity contribution in [3.05, 3.63) is 34.5 Å².